The number of imide groups is 1. The van der Waals surface area contributed by atoms with E-state index >= 15 is 0 Å². The molecule has 0 aliphatic carbocycles. The summed E-state index contributed by atoms with van der Waals surface area (Å²) in [4.78, 5) is 25.0. The number of amides is 2. The Hall–Kier alpha value is -1.35. The van der Waals surface area contributed by atoms with Crippen molar-refractivity contribution in [2.24, 2.45) is 0 Å². The molecule has 1 aliphatic heterocycles. The molecule has 1 aliphatic rings. The number of benzene rings is 1. The molecule has 18 heavy (non-hydrogen) atoms. The molecule has 0 radical (unpaired) electrons. The summed E-state index contributed by atoms with van der Waals surface area (Å²) in [7, 11) is 0. The third-order valence-electron chi connectivity index (χ3n) is 3.27. The lowest BCUT2D eigenvalue weighted by Gasteiger charge is -2.18. The highest BCUT2D eigenvalue weighted by Crippen LogP contribution is 2.29. The summed E-state index contributed by atoms with van der Waals surface area (Å²) in [5, 5.41) is -0.715. The maximum absolute atomic E-state index is 11.9. The average molecular weight is 266 g/mol. The number of aryl methyl sites for hydroxylation is 2. The number of rotatable bonds is 3. The molecule has 0 aromatic heterocycles. The number of anilines is 1. The zero-order chi connectivity index (χ0) is 13.3. The molecule has 1 aromatic carbocycles. The molecule has 0 bridgehead atoms. The first-order chi connectivity index (χ1) is 8.58. The van der Waals surface area contributed by atoms with Crippen molar-refractivity contribution in [3.05, 3.63) is 29.3 Å². The number of halogens is 1. The zero-order valence-corrected chi connectivity index (χ0v) is 11.3. The number of carbonyl (C=O) groups excluding carboxylic acids is 2. The summed E-state index contributed by atoms with van der Waals surface area (Å²) < 4.78 is 0. The second kappa shape index (κ2) is 5.11. The minimum atomic E-state index is -0.715. The van der Waals surface area contributed by atoms with Gasteiger partial charge in [-0.3, -0.25) is 9.59 Å². The Morgan fingerprint density at radius 3 is 2.50 bits per heavy atom. The van der Waals surface area contributed by atoms with E-state index in [4.69, 9.17) is 11.6 Å². The van der Waals surface area contributed by atoms with Crippen LogP contribution in [-0.2, 0) is 22.4 Å². The van der Waals surface area contributed by atoms with Gasteiger partial charge in [0.1, 0.15) is 5.38 Å². The first kappa shape index (κ1) is 13.1. The van der Waals surface area contributed by atoms with E-state index in [0.29, 0.717) is 5.69 Å². The first-order valence-corrected chi connectivity index (χ1v) is 6.64. The van der Waals surface area contributed by atoms with Crippen LogP contribution in [0.3, 0.4) is 0 Å². The average Bonchev–Trinajstić information content (AvgIpc) is 2.62. The van der Waals surface area contributed by atoms with Crippen LogP contribution in [0.2, 0.25) is 0 Å². The molecule has 3 nitrogen and oxygen atoms in total. The summed E-state index contributed by atoms with van der Waals surface area (Å²) >= 11 is 5.84. The van der Waals surface area contributed by atoms with Crippen LogP contribution < -0.4 is 4.90 Å². The van der Waals surface area contributed by atoms with E-state index in [2.05, 4.69) is 13.0 Å². The third-order valence-corrected chi connectivity index (χ3v) is 3.61. The number of nitrogens with zero attached hydrogens (tertiary/aromatic N) is 1. The van der Waals surface area contributed by atoms with Gasteiger partial charge < -0.3 is 0 Å². The summed E-state index contributed by atoms with van der Waals surface area (Å²) in [5.74, 6) is -0.514. The van der Waals surface area contributed by atoms with Crippen molar-refractivity contribution >= 4 is 29.1 Å². The van der Waals surface area contributed by atoms with E-state index in [0.717, 1.165) is 18.4 Å². The summed E-state index contributed by atoms with van der Waals surface area (Å²) in [5.41, 5.74) is 2.91. The smallest absolute Gasteiger partial charge is 0.252 e. The Morgan fingerprint density at radius 1 is 1.28 bits per heavy atom. The highest BCUT2D eigenvalue weighted by Gasteiger charge is 2.38. The quantitative estimate of drug-likeness (QED) is 0.622. The molecule has 2 rings (SSSR count). The predicted octanol–water partition coefficient (Wildman–Crippen LogP) is 2.68. The van der Waals surface area contributed by atoms with Crippen molar-refractivity contribution in [2.45, 2.75) is 38.5 Å². The zero-order valence-electron chi connectivity index (χ0n) is 10.6. The fourth-order valence-electron chi connectivity index (χ4n) is 2.21. The van der Waals surface area contributed by atoms with Crippen LogP contribution in [0, 0.1) is 0 Å². The third kappa shape index (κ3) is 2.15. The molecule has 4 heteroatoms. The van der Waals surface area contributed by atoms with Gasteiger partial charge in [0.15, 0.2) is 0 Å². The number of hydrogen-bond acceptors (Lipinski definition) is 2. The highest BCUT2D eigenvalue weighted by molar-refractivity contribution is 6.40. The van der Waals surface area contributed by atoms with Gasteiger partial charge in [-0.15, -0.1) is 11.6 Å². The summed E-state index contributed by atoms with van der Waals surface area (Å²) in [6, 6.07) is 5.86. The maximum Gasteiger partial charge on any atom is 0.252 e. The monoisotopic (exact) mass is 265 g/mol. The molecule has 0 saturated carbocycles. The number of hydrogen-bond donors (Lipinski definition) is 0. The minimum absolute atomic E-state index is 0.0963. The molecule has 96 valence electrons. The summed E-state index contributed by atoms with van der Waals surface area (Å²) in [6.45, 7) is 4.09. The molecular weight excluding hydrogens is 250 g/mol. The molecular formula is C14H16ClNO2. The molecule has 1 heterocycles. The lowest BCUT2D eigenvalue weighted by atomic mass is 10.0. The fourth-order valence-corrected chi connectivity index (χ4v) is 2.44. The van der Waals surface area contributed by atoms with Crippen LogP contribution in [0.1, 0.15) is 31.4 Å². The normalized spacial score (nSPS) is 19.7. The Bertz CT molecular complexity index is 499. The largest absolute Gasteiger partial charge is 0.274 e. The lowest BCUT2D eigenvalue weighted by Crippen LogP contribution is -2.31. The van der Waals surface area contributed by atoms with Gasteiger partial charge in [-0.2, -0.15) is 0 Å². The van der Waals surface area contributed by atoms with E-state index in [1.54, 1.807) is 0 Å². The topological polar surface area (TPSA) is 37.4 Å². The van der Waals surface area contributed by atoms with Gasteiger partial charge in [0.2, 0.25) is 5.91 Å². The van der Waals surface area contributed by atoms with Crippen molar-refractivity contribution in [3.8, 4) is 0 Å². The predicted molar refractivity (Wildman–Crippen MR) is 71.9 cm³/mol. The Balaban J connectivity index is 2.44. The first-order valence-electron chi connectivity index (χ1n) is 6.21. The highest BCUT2D eigenvalue weighted by atomic mass is 35.5. The van der Waals surface area contributed by atoms with Gasteiger partial charge in [-0.1, -0.05) is 26.0 Å². The van der Waals surface area contributed by atoms with Gasteiger partial charge in [0.25, 0.3) is 5.91 Å². The lowest BCUT2D eigenvalue weighted by molar-refractivity contribution is -0.121. The second-order valence-electron chi connectivity index (χ2n) is 4.41. The van der Waals surface area contributed by atoms with Crippen molar-refractivity contribution in [1.29, 1.82) is 0 Å². The van der Waals surface area contributed by atoms with Crippen LogP contribution in [-0.4, -0.2) is 17.2 Å². The fraction of sp³-hybridized carbons (Fsp3) is 0.429. The SMILES string of the molecule is CCc1ccc(N2C(=O)CC(Cl)C2=O)c(CC)c1. The number of alkyl halides is 1. The van der Waals surface area contributed by atoms with Crippen LogP contribution in [0.5, 0.6) is 0 Å². The molecule has 0 N–H and O–H groups in total. The number of carbonyl (C=O) groups is 2. The van der Waals surface area contributed by atoms with Crippen LogP contribution >= 0.6 is 11.6 Å². The van der Waals surface area contributed by atoms with Gasteiger partial charge in [-0.05, 0) is 30.0 Å². The molecule has 1 saturated heterocycles. The van der Waals surface area contributed by atoms with Crippen molar-refractivity contribution in [2.75, 3.05) is 4.90 Å². The standard InChI is InChI=1S/C14H16ClNO2/c1-3-9-5-6-12(10(4-2)7-9)16-13(17)8-11(15)14(16)18/h5-7,11H,3-4,8H2,1-2H3. The summed E-state index contributed by atoms with van der Waals surface area (Å²) in [6.07, 6.45) is 1.82. The molecule has 2 amide bonds. The Morgan fingerprint density at radius 2 is 2.00 bits per heavy atom. The van der Waals surface area contributed by atoms with Gasteiger partial charge >= 0.3 is 0 Å². The van der Waals surface area contributed by atoms with E-state index in [-0.39, 0.29) is 18.2 Å². The van der Waals surface area contributed by atoms with Crippen LogP contribution in [0.4, 0.5) is 5.69 Å². The molecule has 1 aromatic rings. The Labute approximate surface area is 112 Å². The van der Waals surface area contributed by atoms with Crippen molar-refractivity contribution < 1.29 is 9.59 Å². The van der Waals surface area contributed by atoms with Crippen LogP contribution in [0.15, 0.2) is 18.2 Å². The minimum Gasteiger partial charge on any atom is -0.274 e. The molecule has 0 spiro atoms. The van der Waals surface area contributed by atoms with Crippen molar-refractivity contribution in [3.63, 3.8) is 0 Å². The van der Waals surface area contributed by atoms with Gasteiger partial charge in [-0.25, -0.2) is 4.90 Å². The van der Waals surface area contributed by atoms with Crippen molar-refractivity contribution in [1.82, 2.24) is 0 Å². The van der Waals surface area contributed by atoms with Gasteiger partial charge in [0.05, 0.1) is 12.1 Å². The molecule has 1 atom stereocenters. The molecule has 1 fully saturated rings. The van der Waals surface area contributed by atoms with E-state index in [9.17, 15) is 9.59 Å². The second-order valence-corrected chi connectivity index (χ2v) is 4.94. The van der Waals surface area contributed by atoms with E-state index in [1.807, 2.05) is 19.1 Å². The Kier molecular flexibility index (Phi) is 3.71. The van der Waals surface area contributed by atoms with Gasteiger partial charge in [0, 0.05) is 0 Å². The maximum atomic E-state index is 11.9. The van der Waals surface area contributed by atoms with E-state index < -0.39 is 5.38 Å². The van der Waals surface area contributed by atoms with E-state index in [1.165, 1.54) is 10.5 Å². The molecule has 1 unspecified atom stereocenters. The van der Waals surface area contributed by atoms with Crippen LogP contribution in [0.25, 0.3) is 0 Å².